The van der Waals surface area contributed by atoms with Gasteiger partial charge in [-0.15, -0.1) is 0 Å². The number of nitrogens with zero attached hydrogens (tertiary/aromatic N) is 2. The van der Waals surface area contributed by atoms with Gasteiger partial charge in [-0.3, -0.25) is 9.97 Å². The highest BCUT2D eigenvalue weighted by Gasteiger charge is 2.42. The summed E-state index contributed by atoms with van der Waals surface area (Å²) in [6.07, 6.45) is 6.71. The van der Waals surface area contributed by atoms with E-state index in [1.807, 2.05) is 13.1 Å². The average molecular weight is 178 g/mol. The first-order valence-electron chi connectivity index (χ1n) is 4.62. The van der Waals surface area contributed by atoms with E-state index in [1.54, 1.807) is 6.20 Å². The van der Waals surface area contributed by atoms with E-state index < -0.39 is 0 Å². The van der Waals surface area contributed by atoms with E-state index in [-0.39, 0.29) is 12.0 Å². The summed E-state index contributed by atoms with van der Waals surface area (Å²) in [4.78, 5) is 8.46. The molecule has 0 atom stereocenters. The third-order valence-electron chi connectivity index (χ3n) is 2.68. The molecular weight excluding hydrogens is 164 g/mol. The molecule has 1 aromatic rings. The predicted octanol–water partition coefficient (Wildman–Crippen LogP) is 1.10. The third-order valence-corrected chi connectivity index (χ3v) is 2.68. The summed E-state index contributed by atoms with van der Waals surface area (Å²) in [7, 11) is 0. The molecular formula is C10H14N2O. The van der Waals surface area contributed by atoms with Crippen molar-refractivity contribution < 1.29 is 5.11 Å². The van der Waals surface area contributed by atoms with Gasteiger partial charge in [-0.2, -0.15) is 0 Å². The lowest BCUT2D eigenvalue weighted by molar-refractivity contribution is 0.210. The Balaban J connectivity index is 2.06. The average Bonchev–Trinajstić information content (AvgIpc) is 2.90. The molecule has 1 aromatic heterocycles. The van der Waals surface area contributed by atoms with Gasteiger partial charge in [0.1, 0.15) is 0 Å². The minimum atomic E-state index is 0.143. The molecule has 0 aliphatic heterocycles. The zero-order valence-electron chi connectivity index (χ0n) is 7.82. The standard InChI is InChI=1S/C10H14N2O/c1-8-5-12-9(6-11-8)4-10(7-13)2-3-10/h5-6,13H,2-4,7H2,1H3. The number of aryl methyl sites for hydroxylation is 1. The smallest absolute Gasteiger partial charge is 0.0593 e. The summed E-state index contributed by atoms with van der Waals surface area (Å²) in [5, 5.41) is 9.12. The Morgan fingerprint density at radius 3 is 2.62 bits per heavy atom. The van der Waals surface area contributed by atoms with Crippen molar-refractivity contribution in [3.8, 4) is 0 Å². The SMILES string of the molecule is Cc1cnc(CC2(CO)CC2)cn1. The summed E-state index contributed by atoms with van der Waals surface area (Å²) in [5.74, 6) is 0. The molecule has 1 fully saturated rings. The number of hydrogen-bond acceptors (Lipinski definition) is 3. The molecule has 13 heavy (non-hydrogen) atoms. The quantitative estimate of drug-likeness (QED) is 0.754. The maximum absolute atomic E-state index is 9.12. The van der Waals surface area contributed by atoms with Gasteiger partial charge in [0.15, 0.2) is 0 Å². The van der Waals surface area contributed by atoms with E-state index in [0.29, 0.717) is 0 Å². The van der Waals surface area contributed by atoms with Gasteiger partial charge >= 0.3 is 0 Å². The second-order valence-corrected chi connectivity index (χ2v) is 3.98. The summed E-state index contributed by atoms with van der Waals surface area (Å²) >= 11 is 0. The van der Waals surface area contributed by atoms with Crippen LogP contribution in [0.1, 0.15) is 24.2 Å². The fourth-order valence-corrected chi connectivity index (χ4v) is 1.46. The van der Waals surface area contributed by atoms with E-state index in [2.05, 4.69) is 9.97 Å². The van der Waals surface area contributed by atoms with Crippen LogP contribution in [0.4, 0.5) is 0 Å². The fraction of sp³-hybridized carbons (Fsp3) is 0.600. The van der Waals surface area contributed by atoms with E-state index in [1.165, 1.54) is 0 Å². The fourth-order valence-electron chi connectivity index (χ4n) is 1.46. The summed E-state index contributed by atoms with van der Waals surface area (Å²) in [5.41, 5.74) is 2.08. The molecule has 3 nitrogen and oxygen atoms in total. The third kappa shape index (κ3) is 1.86. The highest BCUT2D eigenvalue weighted by atomic mass is 16.3. The second-order valence-electron chi connectivity index (χ2n) is 3.98. The van der Waals surface area contributed by atoms with Gasteiger partial charge in [0.2, 0.25) is 0 Å². The summed E-state index contributed by atoms with van der Waals surface area (Å²) in [6.45, 7) is 2.21. The van der Waals surface area contributed by atoms with Gasteiger partial charge in [-0.25, -0.2) is 0 Å². The van der Waals surface area contributed by atoms with E-state index in [0.717, 1.165) is 30.7 Å². The number of aliphatic hydroxyl groups excluding tert-OH is 1. The topological polar surface area (TPSA) is 46.0 Å². The lowest BCUT2D eigenvalue weighted by Gasteiger charge is -2.09. The molecule has 3 heteroatoms. The normalized spacial score (nSPS) is 18.6. The monoisotopic (exact) mass is 178 g/mol. The minimum absolute atomic E-state index is 0.143. The first-order chi connectivity index (χ1) is 6.24. The Morgan fingerprint density at radius 1 is 1.38 bits per heavy atom. The van der Waals surface area contributed by atoms with Gasteiger partial charge < -0.3 is 5.11 Å². The van der Waals surface area contributed by atoms with Crippen molar-refractivity contribution in [3.05, 3.63) is 23.8 Å². The Bertz CT molecular complexity index is 290. The van der Waals surface area contributed by atoms with E-state index in [4.69, 9.17) is 5.11 Å². The highest BCUT2D eigenvalue weighted by Crippen LogP contribution is 2.47. The molecule has 0 unspecified atom stereocenters. The molecule has 1 aliphatic rings. The van der Waals surface area contributed by atoms with Crippen LogP contribution in [0.2, 0.25) is 0 Å². The summed E-state index contributed by atoms with van der Waals surface area (Å²) < 4.78 is 0. The van der Waals surface area contributed by atoms with Crippen molar-refractivity contribution in [1.29, 1.82) is 0 Å². The zero-order chi connectivity index (χ0) is 9.31. The lowest BCUT2D eigenvalue weighted by atomic mass is 10.0. The van der Waals surface area contributed by atoms with Crippen molar-refractivity contribution in [2.24, 2.45) is 5.41 Å². The second kappa shape index (κ2) is 3.07. The minimum Gasteiger partial charge on any atom is -0.396 e. The van der Waals surface area contributed by atoms with Gasteiger partial charge in [-0.05, 0) is 31.6 Å². The lowest BCUT2D eigenvalue weighted by Crippen LogP contribution is -2.11. The molecule has 1 aliphatic carbocycles. The Morgan fingerprint density at radius 2 is 2.15 bits per heavy atom. The van der Waals surface area contributed by atoms with Crippen molar-refractivity contribution in [3.63, 3.8) is 0 Å². The molecule has 0 bridgehead atoms. The van der Waals surface area contributed by atoms with Gasteiger partial charge in [0, 0.05) is 19.0 Å². The van der Waals surface area contributed by atoms with Crippen LogP contribution in [0.5, 0.6) is 0 Å². The van der Waals surface area contributed by atoms with Crippen LogP contribution >= 0.6 is 0 Å². The van der Waals surface area contributed by atoms with Crippen LogP contribution in [-0.4, -0.2) is 21.7 Å². The number of rotatable bonds is 3. The predicted molar refractivity (Wildman–Crippen MR) is 49.2 cm³/mol. The first kappa shape index (κ1) is 8.63. The van der Waals surface area contributed by atoms with Crippen molar-refractivity contribution >= 4 is 0 Å². The van der Waals surface area contributed by atoms with Gasteiger partial charge in [0.25, 0.3) is 0 Å². The van der Waals surface area contributed by atoms with Gasteiger partial charge in [-0.1, -0.05) is 0 Å². The molecule has 1 heterocycles. The van der Waals surface area contributed by atoms with Gasteiger partial charge in [0.05, 0.1) is 11.4 Å². The van der Waals surface area contributed by atoms with Crippen LogP contribution < -0.4 is 0 Å². The number of hydrogen-bond donors (Lipinski definition) is 1. The molecule has 0 amide bonds. The van der Waals surface area contributed by atoms with Crippen molar-refractivity contribution in [1.82, 2.24) is 9.97 Å². The highest BCUT2D eigenvalue weighted by molar-refractivity contribution is 5.07. The summed E-state index contributed by atoms with van der Waals surface area (Å²) in [6, 6.07) is 0. The molecule has 0 radical (unpaired) electrons. The van der Waals surface area contributed by atoms with Crippen LogP contribution in [0.3, 0.4) is 0 Å². The Labute approximate surface area is 77.8 Å². The zero-order valence-corrected chi connectivity index (χ0v) is 7.82. The molecule has 1 N–H and O–H groups in total. The van der Waals surface area contributed by atoms with Crippen LogP contribution in [0.25, 0.3) is 0 Å². The number of aromatic nitrogens is 2. The van der Waals surface area contributed by atoms with Crippen LogP contribution in [0, 0.1) is 12.3 Å². The van der Waals surface area contributed by atoms with Crippen LogP contribution in [0.15, 0.2) is 12.4 Å². The molecule has 0 saturated heterocycles. The van der Waals surface area contributed by atoms with E-state index >= 15 is 0 Å². The molecule has 70 valence electrons. The Kier molecular flexibility index (Phi) is 2.04. The van der Waals surface area contributed by atoms with Crippen molar-refractivity contribution in [2.75, 3.05) is 6.61 Å². The first-order valence-corrected chi connectivity index (χ1v) is 4.62. The number of aliphatic hydroxyl groups is 1. The Hall–Kier alpha value is -0.960. The van der Waals surface area contributed by atoms with Crippen molar-refractivity contribution in [2.45, 2.75) is 26.2 Å². The molecule has 0 aromatic carbocycles. The maximum atomic E-state index is 9.12. The largest absolute Gasteiger partial charge is 0.396 e. The van der Waals surface area contributed by atoms with E-state index in [9.17, 15) is 0 Å². The molecule has 0 spiro atoms. The van der Waals surface area contributed by atoms with Crippen LogP contribution in [-0.2, 0) is 6.42 Å². The maximum Gasteiger partial charge on any atom is 0.0593 e. The molecule has 2 rings (SSSR count). The molecule has 1 saturated carbocycles.